The van der Waals surface area contributed by atoms with Crippen LogP contribution in [0.15, 0.2) is 36.9 Å². The van der Waals surface area contributed by atoms with Crippen LogP contribution in [0.4, 0.5) is 18.9 Å². The predicted octanol–water partition coefficient (Wildman–Crippen LogP) is 2.87. The number of hydrogen-bond acceptors (Lipinski definition) is 4. The van der Waals surface area contributed by atoms with Crippen LogP contribution in [0.2, 0.25) is 0 Å². The molecule has 126 valence electrons. The molecule has 0 aliphatic carbocycles. The van der Waals surface area contributed by atoms with Crippen molar-refractivity contribution in [3.8, 4) is 5.75 Å². The van der Waals surface area contributed by atoms with Crippen LogP contribution in [-0.2, 0) is 16.6 Å². The Hall–Kier alpha value is -2.64. The lowest BCUT2D eigenvalue weighted by molar-refractivity contribution is -0.153. The molecule has 1 aliphatic rings. The number of hydrogen-bond donors (Lipinski definition) is 1. The van der Waals surface area contributed by atoms with Gasteiger partial charge in [-0.15, -0.1) is 0 Å². The molecular formula is C16H14F3N3O2. The summed E-state index contributed by atoms with van der Waals surface area (Å²) in [6.45, 7) is 0.254. The fraction of sp³-hybridized carbons (Fsp3) is 0.312. The lowest BCUT2D eigenvalue weighted by atomic mass is 9.78. The Morgan fingerprint density at radius 2 is 1.96 bits per heavy atom. The molecule has 1 aromatic carbocycles. The standard InChI is InChI=1S/C16H14F3N3O2/c1-15(5-10-6-20-9-21-7-10)13-11(22-14(15)23)3-2-4-12(13)24-8-16(17,18)19/h2-4,6-7,9H,5,8H2,1H3,(H,22,23). The Morgan fingerprint density at radius 1 is 1.25 bits per heavy atom. The maximum absolute atomic E-state index is 12.5. The van der Waals surface area contributed by atoms with E-state index in [0.29, 0.717) is 16.8 Å². The van der Waals surface area contributed by atoms with Gasteiger partial charge in [0.25, 0.3) is 0 Å². The summed E-state index contributed by atoms with van der Waals surface area (Å²) < 4.78 is 42.4. The number of halogens is 3. The minimum Gasteiger partial charge on any atom is -0.484 e. The first-order valence-corrected chi connectivity index (χ1v) is 7.18. The SMILES string of the molecule is CC1(Cc2cncnc2)C(=O)Nc2cccc(OCC(F)(F)F)c21. The van der Waals surface area contributed by atoms with Gasteiger partial charge in [0.2, 0.25) is 5.91 Å². The number of amides is 1. The van der Waals surface area contributed by atoms with Crippen molar-refractivity contribution in [1.29, 1.82) is 0 Å². The monoisotopic (exact) mass is 337 g/mol. The minimum absolute atomic E-state index is 0.0440. The van der Waals surface area contributed by atoms with Crippen LogP contribution in [0.3, 0.4) is 0 Å². The van der Waals surface area contributed by atoms with Gasteiger partial charge in [0.15, 0.2) is 6.61 Å². The third kappa shape index (κ3) is 3.04. The Bertz CT molecular complexity index is 765. The molecule has 0 saturated heterocycles. The van der Waals surface area contributed by atoms with E-state index in [0.717, 1.165) is 0 Å². The second kappa shape index (κ2) is 5.77. The molecule has 1 amide bonds. The number of rotatable bonds is 4. The average Bonchev–Trinajstić information content (AvgIpc) is 2.77. The van der Waals surface area contributed by atoms with Crippen LogP contribution in [0.5, 0.6) is 5.75 Å². The van der Waals surface area contributed by atoms with Crippen LogP contribution in [0, 0.1) is 0 Å². The lowest BCUT2D eigenvalue weighted by Crippen LogP contribution is -2.34. The quantitative estimate of drug-likeness (QED) is 0.932. The number of ether oxygens (including phenoxy) is 1. The number of aromatic nitrogens is 2. The van der Waals surface area contributed by atoms with Gasteiger partial charge < -0.3 is 10.1 Å². The van der Waals surface area contributed by atoms with E-state index >= 15 is 0 Å². The molecule has 0 saturated carbocycles. The molecule has 1 unspecified atom stereocenters. The van der Waals surface area contributed by atoms with Crippen molar-refractivity contribution in [3.05, 3.63) is 48.0 Å². The second-order valence-corrected chi connectivity index (χ2v) is 5.79. The summed E-state index contributed by atoms with van der Waals surface area (Å²) in [5.74, 6) is -0.257. The summed E-state index contributed by atoms with van der Waals surface area (Å²) >= 11 is 0. The average molecular weight is 337 g/mol. The van der Waals surface area contributed by atoms with Gasteiger partial charge in [0.05, 0.1) is 5.41 Å². The fourth-order valence-corrected chi connectivity index (χ4v) is 2.86. The molecular weight excluding hydrogens is 323 g/mol. The first-order valence-electron chi connectivity index (χ1n) is 7.18. The highest BCUT2D eigenvalue weighted by atomic mass is 19.4. The molecule has 3 rings (SSSR count). The predicted molar refractivity (Wildman–Crippen MR) is 79.7 cm³/mol. The van der Waals surface area contributed by atoms with E-state index in [1.54, 1.807) is 31.5 Å². The summed E-state index contributed by atoms with van der Waals surface area (Å²) in [6.07, 6.45) is 0.305. The van der Waals surface area contributed by atoms with E-state index in [2.05, 4.69) is 15.3 Å². The number of carbonyl (C=O) groups is 1. The van der Waals surface area contributed by atoms with Crippen LogP contribution in [-0.4, -0.2) is 28.7 Å². The summed E-state index contributed by atoms with van der Waals surface area (Å²) in [5, 5.41) is 2.70. The molecule has 2 aromatic rings. The largest absolute Gasteiger partial charge is 0.484 e. The smallest absolute Gasteiger partial charge is 0.422 e. The number of alkyl halides is 3. The van der Waals surface area contributed by atoms with Crippen molar-refractivity contribution in [3.63, 3.8) is 0 Å². The topological polar surface area (TPSA) is 64.1 Å². The highest BCUT2D eigenvalue weighted by Crippen LogP contribution is 2.45. The van der Waals surface area contributed by atoms with Crippen LogP contribution >= 0.6 is 0 Å². The zero-order valence-corrected chi connectivity index (χ0v) is 12.7. The molecule has 0 spiro atoms. The molecule has 0 fully saturated rings. The zero-order chi connectivity index (χ0) is 17.4. The van der Waals surface area contributed by atoms with Gasteiger partial charge in [-0.05, 0) is 31.0 Å². The Morgan fingerprint density at radius 3 is 2.62 bits per heavy atom. The van der Waals surface area contributed by atoms with Gasteiger partial charge in [0.1, 0.15) is 12.1 Å². The van der Waals surface area contributed by atoms with Gasteiger partial charge in [-0.1, -0.05) is 6.07 Å². The third-order valence-electron chi connectivity index (χ3n) is 3.89. The van der Waals surface area contributed by atoms with E-state index in [-0.39, 0.29) is 18.1 Å². The molecule has 1 aliphatic heterocycles. The van der Waals surface area contributed by atoms with Gasteiger partial charge in [-0.25, -0.2) is 9.97 Å². The number of nitrogens with zero attached hydrogens (tertiary/aromatic N) is 2. The normalized spacial score (nSPS) is 19.8. The first kappa shape index (κ1) is 16.2. The van der Waals surface area contributed by atoms with Crippen LogP contribution in [0.25, 0.3) is 0 Å². The number of benzene rings is 1. The molecule has 1 aromatic heterocycles. The van der Waals surface area contributed by atoms with E-state index in [9.17, 15) is 18.0 Å². The number of nitrogens with one attached hydrogen (secondary N) is 1. The summed E-state index contributed by atoms with van der Waals surface area (Å²) in [4.78, 5) is 20.3. The van der Waals surface area contributed by atoms with Crippen LogP contribution in [0.1, 0.15) is 18.1 Å². The maximum Gasteiger partial charge on any atom is 0.422 e. The van der Waals surface area contributed by atoms with Crippen LogP contribution < -0.4 is 10.1 Å². The summed E-state index contributed by atoms with van der Waals surface area (Å²) in [5.41, 5.74) is 0.512. The Labute approximate surface area is 135 Å². The van der Waals surface area contributed by atoms with Crippen molar-refractivity contribution < 1.29 is 22.7 Å². The van der Waals surface area contributed by atoms with E-state index in [4.69, 9.17) is 4.74 Å². The maximum atomic E-state index is 12.5. The number of carbonyl (C=O) groups excluding carboxylic acids is 1. The molecule has 1 atom stereocenters. The Kier molecular flexibility index (Phi) is 3.90. The number of anilines is 1. The van der Waals surface area contributed by atoms with Gasteiger partial charge in [0, 0.05) is 23.6 Å². The third-order valence-corrected chi connectivity index (χ3v) is 3.89. The summed E-state index contributed by atoms with van der Waals surface area (Å²) in [7, 11) is 0. The van der Waals surface area contributed by atoms with Crippen molar-refractivity contribution in [1.82, 2.24) is 9.97 Å². The fourth-order valence-electron chi connectivity index (χ4n) is 2.86. The number of fused-ring (bicyclic) bond motifs is 1. The van der Waals surface area contributed by atoms with E-state index in [1.807, 2.05) is 0 Å². The van der Waals surface area contributed by atoms with E-state index in [1.165, 1.54) is 12.4 Å². The highest BCUT2D eigenvalue weighted by Gasteiger charge is 2.45. The molecule has 24 heavy (non-hydrogen) atoms. The molecule has 8 heteroatoms. The van der Waals surface area contributed by atoms with Crippen molar-refractivity contribution in [2.24, 2.45) is 0 Å². The summed E-state index contributed by atoms with van der Waals surface area (Å²) in [6, 6.07) is 4.62. The highest BCUT2D eigenvalue weighted by molar-refractivity contribution is 6.07. The molecule has 0 bridgehead atoms. The van der Waals surface area contributed by atoms with Gasteiger partial charge in [-0.3, -0.25) is 4.79 Å². The van der Waals surface area contributed by atoms with Crippen molar-refractivity contribution >= 4 is 11.6 Å². The minimum atomic E-state index is -4.46. The molecule has 1 N–H and O–H groups in total. The molecule has 5 nitrogen and oxygen atoms in total. The zero-order valence-electron chi connectivity index (χ0n) is 12.7. The Balaban J connectivity index is 1.98. The van der Waals surface area contributed by atoms with Crippen molar-refractivity contribution in [2.75, 3.05) is 11.9 Å². The second-order valence-electron chi connectivity index (χ2n) is 5.79. The van der Waals surface area contributed by atoms with E-state index < -0.39 is 18.2 Å². The molecule has 2 heterocycles. The molecule has 0 radical (unpaired) electrons. The first-order chi connectivity index (χ1) is 11.3. The van der Waals surface area contributed by atoms with Gasteiger partial charge >= 0.3 is 6.18 Å². The van der Waals surface area contributed by atoms with Crippen molar-refractivity contribution in [2.45, 2.75) is 24.9 Å². The van der Waals surface area contributed by atoms with Gasteiger partial charge in [-0.2, -0.15) is 13.2 Å². The lowest BCUT2D eigenvalue weighted by Gasteiger charge is -2.24.